The number of anilines is 1. The summed E-state index contributed by atoms with van der Waals surface area (Å²) in [6.07, 6.45) is -4.11. The molecule has 1 unspecified atom stereocenters. The van der Waals surface area contributed by atoms with E-state index in [9.17, 15) is 23.2 Å². The second kappa shape index (κ2) is 8.24. The van der Waals surface area contributed by atoms with Crippen LogP contribution in [0.4, 0.5) is 18.9 Å². The molecule has 0 saturated carbocycles. The van der Waals surface area contributed by atoms with Crippen molar-refractivity contribution < 1.29 is 22.7 Å². The highest BCUT2D eigenvalue weighted by Gasteiger charge is 2.46. The Bertz CT molecular complexity index is 1250. The van der Waals surface area contributed by atoms with Crippen LogP contribution in [0.15, 0.2) is 71.2 Å². The third kappa shape index (κ3) is 3.92. The molecule has 176 valence electrons. The van der Waals surface area contributed by atoms with Gasteiger partial charge in [0.15, 0.2) is 5.78 Å². The highest BCUT2D eigenvalue weighted by atomic mass is 19.4. The van der Waals surface area contributed by atoms with Crippen LogP contribution in [0.3, 0.4) is 0 Å². The summed E-state index contributed by atoms with van der Waals surface area (Å²) in [5, 5.41) is 10.1. The fraction of sp³-hybridized carbons (Fsp3) is 0.308. The number of benzene rings is 2. The van der Waals surface area contributed by atoms with Crippen molar-refractivity contribution in [2.24, 2.45) is 11.1 Å². The van der Waals surface area contributed by atoms with Crippen LogP contribution in [0.25, 0.3) is 0 Å². The number of alkyl halides is 3. The summed E-state index contributed by atoms with van der Waals surface area (Å²) in [5.74, 6) is -0.490. The lowest BCUT2D eigenvalue weighted by Gasteiger charge is -2.44. The Balaban J connectivity index is 2.02. The Morgan fingerprint density at radius 1 is 1.12 bits per heavy atom. The number of allylic oxidation sites excluding steroid dienone is 3. The van der Waals surface area contributed by atoms with Gasteiger partial charge in [-0.25, -0.2) is 0 Å². The smallest absolute Gasteiger partial charge is 0.418 e. The van der Waals surface area contributed by atoms with Crippen LogP contribution < -0.4 is 15.4 Å². The summed E-state index contributed by atoms with van der Waals surface area (Å²) in [6.45, 7) is 3.79. The van der Waals surface area contributed by atoms with E-state index in [1.165, 1.54) is 30.2 Å². The molecule has 34 heavy (non-hydrogen) atoms. The van der Waals surface area contributed by atoms with Gasteiger partial charge < -0.3 is 10.5 Å². The third-order valence-corrected chi connectivity index (χ3v) is 6.28. The van der Waals surface area contributed by atoms with Crippen LogP contribution in [-0.2, 0) is 11.0 Å². The predicted molar refractivity (Wildman–Crippen MR) is 122 cm³/mol. The van der Waals surface area contributed by atoms with Gasteiger partial charge >= 0.3 is 6.18 Å². The molecule has 8 heteroatoms. The minimum atomic E-state index is -4.65. The number of ether oxygens (including phenoxy) is 1. The maximum atomic E-state index is 13.9. The minimum Gasteiger partial charge on any atom is -0.497 e. The van der Waals surface area contributed by atoms with E-state index in [0.29, 0.717) is 29.0 Å². The topological polar surface area (TPSA) is 79.3 Å². The number of nitrogens with zero attached hydrogens (tertiary/aromatic N) is 2. The number of nitrogens with two attached hydrogens (primary N) is 1. The van der Waals surface area contributed by atoms with Crippen molar-refractivity contribution >= 4 is 11.5 Å². The molecule has 2 aromatic carbocycles. The van der Waals surface area contributed by atoms with E-state index < -0.39 is 23.1 Å². The molecule has 0 fully saturated rings. The number of rotatable bonds is 3. The number of carbonyl (C=O) groups is 1. The van der Waals surface area contributed by atoms with Gasteiger partial charge in [-0.1, -0.05) is 38.1 Å². The van der Waals surface area contributed by atoms with Gasteiger partial charge in [0.25, 0.3) is 0 Å². The number of carbonyl (C=O) groups excluding carboxylic acids is 1. The number of halogens is 3. The molecule has 2 aliphatic rings. The van der Waals surface area contributed by atoms with Crippen molar-refractivity contribution in [2.75, 3.05) is 12.0 Å². The van der Waals surface area contributed by atoms with Crippen LogP contribution in [0.5, 0.6) is 5.75 Å². The first kappa shape index (κ1) is 23.4. The number of hydrogen-bond acceptors (Lipinski definition) is 5. The van der Waals surface area contributed by atoms with Crippen molar-refractivity contribution in [1.82, 2.24) is 0 Å². The van der Waals surface area contributed by atoms with Crippen LogP contribution in [0, 0.1) is 16.7 Å². The molecule has 2 aromatic rings. The second-order valence-electron chi connectivity index (χ2n) is 9.27. The van der Waals surface area contributed by atoms with Crippen LogP contribution in [-0.4, -0.2) is 12.9 Å². The van der Waals surface area contributed by atoms with Crippen molar-refractivity contribution in [2.45, 2.75) is 38.8 Å². The Kier molecular flexibility index (Phi) is 5.68. The minimum absolute atomic E-state index is 0.0361. The SMILES string of the molecule is COc1ccc(C2C(C#N)=C(N)N(c3ccccc3C(F)(F)F)C3=C2C(=O)CC(C)(C)C3)cc1. The van der Waals surface area contributed by atoms with E-state index in [1.54, 1.807) is 24.3 Å². The lowest BCUT2D eigenvalue weighted by molar-refractivity contribution is -0.137. The maximum absolute atomic E-state index is 13.9. The molecule has 4 rings (SSSR count). The summed E-state index contributed by atoms with van der Waals surface area (Å²) in [4.78, 5) is 14.7. The van der Waals surface area contributed by atoms with Gasteiger partial charge in [-0.3, -0.25) is 9.69 Å². The Labute approximate surface area is 195 Å². The van der Waals surface area contributed by atoms with Gasteiger partial charge in [-0.2, -0.15) is 18.4 Å². The Hall–Kier alpha value is -3.73. The molecule has 0 radical (unpaired) electrons. The molecule has 1 aliphatic heterocycles. The number of nitriles is 1. The summed E-state index contributed by atoms with van der Waals surface area (Å²) in [6, 6.07) is 14.0. The molecule has 0 spiro atoms. The quantitative estimate of drug-likeness (QED) is 0.631. The van der Waals surface area contributed by atoms with E-state index >= 15 is 0 Å². The van der Waals surface area contributed by atoms with Crippen LogP contribution in [0.1, 0.15) is 43.7 Å². The summed E-state index contributed by atoms with van der Waals surface area (Å²) in [7, 11) is 1.53. The lowest BCUT2D eigenvalue weighted by Crippen LogP contribution is -2.42. The van der Waals surface area contributed by atoms with E-state index in [-0.39, 0.29) is 29.3 Å². The highest BCUT2D eigenvalue weighted by Crippen LogP contribution is 2.51. The molecule has 0 aromatic heterocycles. The average molecular weight is 467 g/mol. The molecule has 0 bridgehead atoms. The molecular formula is C26H24F3N3O2. The zero-order valence-corrected chi connectivity index (χ0v) is 19.0. The monoisotopic (exact) mass is 467 g/mol. The molecular weight excluding hydrogens is 443 g/mol. The molecule has 1 heterocycles. The van der Waals surface area contributed by atoms with Crippen molar-refractivity contribution in [1.29, 1.82) is 5.26 Å². The first-order chi connectivity index (χ1) is 16.0. The number of hydrogen-bond donors (Lipinski definition) is 1. The number of methoxy groups -OCH3 is 1. The average Bonchev–Trinajstić information content (AvgIpc) is 2.77. The first-order valence-electron chi connectivity index (χ1n) is 10.7. The van der Waals surface area contributed by atoms with Crippen molar-refractivity contribution in [3.63, 3.8) is 0 Å². The zero-order chi connectivity index (χ0) is 24.8. The fourth-order valence-electron chi connectivity index (χ4n) is 4.82. The van der Waals surface area contributed by atoms with Gasteiger partial charge in [0.1, 0.15) is 11.6 Å². The molecule has 1 atom stereocenters. The predicted octanol–water partition coefficient (Wildman–Crippen LogP) is 5.65. The molecule has 5 nitrogen and oxygen atoms in total. The van der Waals surface area contributed by atoms with Gasteiger partial charge in [-0.05, 0) is 41.7 Å². The Morgan fingerprint density at radius 3 is 2.35 bits per heavy atom. The first-order valence-corrected chi connectivity index (χ1v) is 10.7. The molecule has 0 amide bonds. The van der Waals surface area contributed by atoms with Gasteiger partial charge in [-0.15, -0.1) is 0 Å². The van der Waals surface area contributed by atoms with E-state index in [2.05, 4.69) is 6.07 Å². The fourth-order valence-corrected chi connectivity index (χ4v) is 4.82. The zero-order valence-electron chi connectivity index (χ0n) is 19.0. The maximum Gasteiger partial charge on any atom is 0.418 e. The number of para-hydroxylation sites is 1. The lowest BCUT2D eigenvalue weighted by atomic mass is 9.68. The number of ketones is 1. The highest BCUT2D eigenvalue weighted by molar-refractivity contribution is 6.01. The van der Waals surface area contributed by atoms with Crippen LogP contribution >= 0.6 is 0 Å². The van der Waals surface area contributed by atoms with Gasteiger partial charge in [0.05, 0.1) is 35.9 Å². The Morgan fingerprint density at radius 2 is 1.76 bits per heavy atom. The van der Waals surface area contributed by atoms with E-state index in [4.69, 9.17) is 10.5 Å². The van der Waals surface area contributed by atoms with Crippen molar-refractivity contribution in [3.8, 4) is 11.8 Å². The molecule has 1 aliphatic carbocycles. The van der Waals surface area contributed by atoms with E-state index in [0.717, 1.165) is 6.07 Å². The standard InChI is InChI=1S/C26H24F3N3O2/c1-25(2)12-20-23(21(33)13-25)22(15-8-10-16(34-3)11-9-15)17(14-30)24(31)32(20)19-7-5-4-6-18(19)26(27,28)29/h4-11,22H,12-13,31H2,1-3H3. The summed E-state index contributed by atoms with van der Waals surface area (Å²) < 4.78 is 47.0. The summed E-state index contributed by atoms with van der Waals surface area (Å²) in [5.41, 5.74) is 6.26. The van der Waals surface area contributed by atoms with Crippen LogP contribution in [0.2, 0.25) is 0 Å². The molecule has 2 N–H and O–H groups in total. The molecule has 0 saturated heterocycles. The summed E-state index contributed by atoms with van der Waals surface area (Å²) >= 11 is 0. The second-order valence-corrected chi connectivity index (χ2v) is 9.27. The third-order valence-electron chi connectivity index (χ3n) is 6.28. The van der Waals surface area contributed by atoms with E-state index in [1.807, 2.05) is 13.8 Å². The van der Waals surface area contributed by atoms with Gasteiger partial charge in [0.2, 0.25) is 0 Å². The number of Topliss-reactive ketones (excluding diaryl/α,β-unsaturated/α-hetero) is 1. The van der Waals surface area contributed by atoms with Crippen molar-refractivity contribution in [3.05, 3.63) is 82.3 Å². The normalized spacial score (nSPS) is 20.2. The largest absolute Gasteiger partial charge is 0.497 e. The van der Waals surface area contributed by atoms with Gasteiger partial charge in [0, 0.05) is 17.7 Å².